The van der Waals surface area contributed by atoms with Crippen LogP contribution in [0.4, 0.5) is 0 Å². The molecule has 0 radical (unpaired) electrons. The lowest BCUT2D eigenvalue weighted by Crippen LogP contribution is -2.46. The summed E-state index contributed by atoms with van der Waals surface area (Å²) in [6.07, 6.45) is -0.305. The number of carboxylic acids is 2. The molecule has 1 aliphatic heterocycles. The number of fused-ring (bicyclic) bond motifs is 1. The number of hydrogen-bond donors (Lipinski definition) is 4. The first-order valence-electron chi connectivity index (χ1n) is 7.69. The van der Waals surface area contributed by atoms with E-state index in [1.165, 1.54) is 12.1 Å². The minimum Gasteiger partial charge on any atom is -0.504 e. The Morgan fingerprint density at radius 1 is 0.889 bits per heavy atom. The summed E-state index contributed by atoms with van der Waals surface area (Å²) in [6, 6.07) is 5.43. The largest absolute Gasteiger partial charge is 0.504 e. The third-order valence-corrected chi connectivity index (χ3v) is 4.23. The molecule has 0 unspecified atom stereocenters. The number of carboxylic acid groups (broad SMARTS) is 2. The summed E-state index contributed by atoms with van der Waals surface area (Å²) in [5.41, 5.74) is -0.183. The predicted octanol–water partition coefficient (Wildman–Crippen LogP) is 1.09. The van der Waals surface area contributed by atoms with Gasteiger partial charge in [0.05, 0.1) is 16.7 Å². The first-order chi connectivity index (χ1) is 12.7. The molecule has 0 aromatic heterocycles. The van der Waals surface area contributed by atoms with Crippen LogP contribution in [0.25, 0.3) is 0 Å². The molecule has 0 spiro atoms. The maximum atomic E-state index is 12.6. The molecule has 1 atom stereocenters. The van der Waals surface area contributed by atoms with Gasteiger partial charge in [-0.25, -0.2) is 9.59 Å². The molecule has 9 nitrogen and oxygen atoms in total. The van der Waals surface area contributed by atoms with Crippen molar-refractivity contribution in [2.24, 2.45) is 0 Å². The third-order valence-electron chi connectivity index (χ3n) is 4.23. The Kier molecular flexibility index (Phi) is 4.28. The van der Waals surface area contributed by atoms with Crippen LogP contribution in [0, 0.1) is 0 Å². The number of hydrogen-bond acceptors (Lipinski definition) is 6. The van der Waals surface area contributed by atoms with Gasteiger partial charge >= 0.3 is 11.9 Å². The first kappa shape index (κ1) is 17.9. The maximum Gasteiger partial charge on any atom is 0.335 e. The highest BCUT2D eigenvalue weighted by molar-refractivity contribution is 6.23. The number of aromatic carboxylic acids is 1. The van der Waals surface area contributed by atoms with E-state index in [2.05, 4.69) is 0 Å². The fourth-order valence-corrected chi connectivity index (χ4v) is 2.88. The molecular weight excluding hydrogens is 358 g/mol. The van der Waals surface area contributed by atoms with Crippen molar-refractivity contribution in [1.82, 2.24) is 4.90 Å². The topological polar surface area (TPSA) is 152 Å². The van der Waals surface area contributed by atoms with Crippen molar-refractivity contribution in [3.63, 3.8) is 0 Å². The Balaban J connectivity index is 1.97. The van der Waals surface area contributed by atoms with Crippen molar-refractivity contribution in [2.45, 2.75) is 12.5 Å². The summed E-state index contributed by atoms with van der Waals surface area (Å²) in [5, 5.41) is 37.4. The van der Waals surface area contributed by atoms with Crippen molar-refractivity contribution in [1.29, 1.82) is 0 Å². The lowest BCUT2D eigenvalue weighted by atomic mass is 10.0. The van der Waals surface area contributed by atoms with Crippen LogP contribution in [0.2, 0.25) is 0 Å². The second kappa shape index (κ2) is 6.45. The molecule has 9 heteroatoms. The molecule has 138 valence electrons. The SMILES string of the molecule is O=C(O)c1ccc2c(c1)C(=O)N([C@H](Cc1ccc(O)c(O)c1)C(=O)O)C2=O. The van der Waals surface area contributed by atoms with Crippen LogP contribution in [0.3, 0.4) is 0 Å². The number of rotatable bonds is 5. The van der Waals surface area contributed by atoms with Crippen LogP contribution in [-0.4, -0.2) is 55.1 Å². The van der Waals surface area contributed by atoms with Gasteiger partial charge in [0.2, 0.25) is 0 Å². The molecule has 0 fully saturated rings. The van der Waals surface area contributed by atoms with E-state index in [0.717, 1.165) is 24.3 Å². The lowest BCUT2D eigenvalue weighted by molar-refractivity contribution is -0.141. The van der Waals surface area contributed by atoms with Gasteiger partial charge in [0.15, 0.2) is 11.5 Å². The fourth-order valence-electron chi connectivity index (χ4n) is 2.88. The summed E-state index contributed by atoms with van der Waals surface area (Å²) >= 11 is 0. The molecule has 0 saturated heterocycles. The minimum absolute atomic E-state index is 0.0789. The van der Waals surface area contributed by atoms with Crippen LogP contribution in [0.1, 0.15) is 36.6 Å². The normalized spacial score (nSPS) is 14.1. The van der Waals surface area contributed by atoms with Crippen molar-refractivity contribution in [3.05, 3.63) is 58.7 Å². The Labute approximate surface area is 151 Å². The van der Waals surface area contributed by atoms with E-state index in [1.807, 2.05) is 0 Å². The van der Waals surface area contributed by atoms with Gasteiger partial charge in [-0.2, -0.15) is 0 Å². The lowest BCUT2D eigenvalue weighted by Gasteiger charge is -2.22. The molecule has 2 aromatic rings. The predicted molar refractivity (Wildman–Crippen MR) is 88.8 cm³/mol. The van der Waals surface area contributed by atoms with Gasteiger partial charge in [-0.05, 0) is 35.9 Å². The summed E-state index contributed by atoms with van der Waals surface area (Å²) in [7, 11) is 0. The number of carbonyl (C=O) groups excluding carboxylic acids is 2. The van der Waals surface area contributed by atoms with E-state index in [4.69, 9.17) is 5.11 Å². The van der Waals surface area contributed by atoms with Gasteiger partial charge in [0.25, 0.3) is 11.8 Å². The Hall–Kier alpha value is -3.88. The first-order valence-corrected chi connectivity index (χ1v) is 7.69. The van der Waals surface area contributed by atoms with E-state index >= 15 is 0 Å². The van der Waals surface area contributed by atoms with Gasteiger partial charge in [0.1, 0.15) is 6.04 Å². The highest BCUT2D eigenvalue weighted by Gasteiger charge is 2.43. The van der Waals surface area contributed by atoms with E-state index in [-0.39, 0.29) is 28.7 Å². The Morgan fingerprint density at radius 2 is 1.56 bits per heavy atom. The molecule has 27 heavy (non-hydrogen) atoms. The number of amides is 2. The zero-order valence-electron chi connectivity index (χ0n) is 13.6. The number of phenols is 2. The van der Waals surface area contributed by atoms with E-state index in [1.54, 1.807) is 0 Å². The number of benzene rings is 2. The van der Waals surface area contributed by atoms with Crippen LogP contribution in [0.5, 0.6) is 11.5 Å². The highest BCUT2D eigenvalue weighted by atomic mass is 16.4. The number of imide groups is 1. The van der Waals surface area contributed by atoms with Crippen LogP contribution in [-0.2, 0) is 11.2 Å². The zero-order valence-corrected chi connectivity index (χ0v) is 13.6. The molecule has 4 N–H and O–H groups in total. The summed E-state index contributed by atoms with van der Waals surface area (Å²) in [5.74, 6) is -5.35. The van der Waals surface area contributed by atoms with Crippen molar-refractivity contribution in [3.8, 4) is 11.5 Å². The van der Waals surface area contributed by atoms with Gasteiger partial charge in [-0.1, -0.05) is 6.07 Å². The summed E-state index contributed by atoms with van der Waals surface area (Å²) in [6.45, 7) is 0. The Morgan fingerprint density at radius 3 is 2.15 bits per heavy atom. The molecule has 0 saturated carbocycles. The zero-order chi connectivity index (χ0) is 19.9. The van der Waals surface area contributed by atoms with Crippen molar-refractivity contribution >= 4 is 23.8 Å². The number of phenolic OH excluding ortho intramolecular Hbond substituents is 2. The van der Waals surface area contributed by atoms with Crippen LogP contribution in [0.15, 0.2) is 36.4 Å². The van der Waals surface area contributed by atoms with E-state index in [9.17, 15) is 34.5 Å². The van der Waals surface area contributed by atoms with Crippen LogP contribution < -0.4 is 0 Å². The average Bonchev–Trinajstić information content (AvgIpc) is 2.86. The van der Waals surface area contributed by atoms with Gasteiger partial charge in [-0.15, -0.1) is 0 Å². The molecular formula is C18H13NO8. The van der Waals surface area contributed by atoms with Gasteiger partial charge in [0, 0.05) is 6.42 Å². The third kappa shape index (κ3) is 3.06. The fraction of sp³-hybridized carbons (Fsp3) is 0.111. The van der Waals surface area contributed by atoms with Crippen LogP contribution >= 0.6 is 0 Å². The number of aromatic hydroxyl groups is 2. The highest BCUT2D eigenvalue weighted by Crippen LogP contribution is 2.29. The number of carbonyl (C=O) groups is 4. The second-order valence-corrected chi connectivity index (χ2v) is 5.93. The van der Waals surface area contributed by atoms with Gasteiger partial charge in [-0.3, -0.25) is 14.5 Å². The number of aliphatic carboxylic acids is 1. The quantitative estimate of drug-likeness (QED) is 0.450. The maximum absolute atomic E-state index is 12.6. The second-order valence-electron chi connectivity index (χ2n) is 5.93. The molecule has 0 aliphatic carbocycles. The van der Waals surface area contributed by atoms with Gasteiger partial charge < -0.3 is 20.4 Å². The smallest absolute Gasteiger partial charge is 0.335 e. The minimum atomic E-state index is -1.57. The molecule has 3 rings (SSSR count). The van der Waals surface area contributed by atoms with Crippen molar-refractivity contribution in [2.75, 3.05) is 0 Å². The molecule has 2 amide bonds. The molecule has 0 bridgehead atoms. The average molecular weight is 371 g/mol. The molecule has 1 heterocycles. The monoisotopic (exact) mass is 371 g/mol. The van der Waals surface area contributed by atoms with E-state index in [0.29, 0.717) is 4.90 Å². The number of nitrogens with zero attached hydrogens (tertiary/aromatic N) is 1. The van der Waals surface area contributed by atoms with Crippen molar-refractivity contribution < 1.29 is 39.6 Å². The standard InChI is InChI=1S/C18H13NO8/c20-13-4-1-8(6-14(13)21)5-12(18(26)27)19-15(22)10-3-2-9(17(24)25)7-11(10)16(19)23/h1-4,6-7,12,20-21H,5H2,(H,24,25)(H,26,27)/t12-/m1/s1. The Bertz CT molecular complexity index is 997. The molecule has 1 aliphatic rings. The summed E-state index contributed by atoms with van der Waals surface area (Å²) in [4.78, 5) is 48.5. The summed E-state index contributed by atoms with van der Waals surface area (Å²) < 4.78 is 0. The van der Waals surface area contributed by atoms with E-state index < -0.39 is 41.3 Å². The molecule has 2 aromatic carbocycles.